The Labute approximate surface area is 187 Å². The molecule has 7 nitrogen and oxygen atoms in total. The van der Waals surface area contributed by atoms with Crippen LogP contribution in [-0.4, -0.2) is 30.1 Å². The number of carbonyl (C=O) groups excluding carboxylic acids is 1. The summed E-state index contributed by atoms with van der Waals surface area (Å²) in [5.74, 6) is -0.365. The van der Waals surface area contributed by atoms with Gasteiger partial charge in [0.05, 0.1) is 22.7 Å². The summed E-state index contributed by atoms with van der Waals surface area (Å²) in [6, 6.07) is 15.9. The van der Waals surface area contributed by atoms with Crippen molar-refractivity contribution in [3.8, 4) is 0 Å². The van der Waals surface area contributed by atoms with E-state index in [0.717, 1.165) is 5.56 Å². The Hall–Kier alpha value is -2.68. The molecule has 31 heavy (non-hydrogen) atoms. The SMILES string of the molecule is Cc1nn(Cc2ccccc2)c(Cl)c1C(=O)NCc1cccc(S(=O)(=O)NC(C)C)c1. The number of hydrogen-bond acceptors (Lipinski definition) is 4. The lowest BCUT2D eigenvalue weighted by atomic mass is 10.2. The van der Waals surface area contributed by atoms with Crippen LogP contribution in [-0.2, 0) is 23.1 Å². The zero-order valence-electron chi connectivity index (χ0n) is 17.6. The lowest BCUT2D eigenvalue weighted by molar-refractivity contribution is 0.0950. The Balaban J connectivity index is 1.72. The summed E-state index contributed by atoms with van der Waals surface area (Å²) in [6.07, 6.45) is 0. The molecule has 2 N–H and O–H groups in total. The van der Waals surface area contributed by atoms with Crippen molar-refractivity contribution in [2.75, 3.05) is 0 Å². The average Bonchev–Trinajstić information content (AvgIpc) is 2.99. The largest absolute Gasteiger partial charge is 0.348 e. The zero-order chi connectivity index (χ0) is 22.6. The van der Waals surface area contributed by atoms with Gasteiger partial charge in [-0.25, -0.2) is 17.8 Å². The molecule has 0 radical (unpaired) electrons. The number of amides is 1. The van der Waals surface area contributed by atoms with Gasteiger partial charge in [-0.3, -0.25) is 4.79 Å². The Morgan fingerprint density at radius 1 is 1.10 bits per heavy atom. The van der Waals surface area contributed by atoms with Gasteiger partial charge in [-0.05, 0) is 44.0 Å². The molecule has 3 aromatic rings. The minimum atomic E-state index is -3.61. The molecule has 0 bridgehead atoms. The van der Waals surface area contributed by atoms with Crippen LogP contribution in [0.5, 0.6) is 0 Å². The number of nitrogens with zero attached hydrogens (tertiary/aromatic N) is 2. The highest BCUT2D eigenvalue weighted by molar-refractivity contribution is 7.89. The van der Waals surface area contributed by atoms with E-state index in [1.165, 1.54) is 12.1 Å². The second-order valence-electron chi connectivity index (χ2n) is 7.50. The molecule has 0 saturated heterocycles. The van der Waals surface area contributed by atoms with Crippen molar-refractivity contribution in [2.45, 2.75) is 44.8 Å². The molecule has 1 amide bonds. The molecule has 3 rings (SSSR count). The van der Waals surface area contributed by atoms with E-state index in [0.29, 0.717) is 23.4 Å². The van der Waals surface area contributed by atoms with Crippen LogP contribution in [0.4, 0.5) is 0 Å². The molecule has 0 unspecified atom stereocenters. The van der Waals surface area contributed by atoms with Crippen LogP contribution < -0.4 is 10.0 Å². The molecule has 0 atom stereocenters. The minimum absolute atomic E-state index is 0.151. The Morgan fingerprint density at radius 3 is 2.45 bits per heavy atom. The van der Waals surface area contributed by atoms with Gasteiger partial charge >= 0.3 is 0 Å². The molecule has 0 spiro atoms. The molecule has 0 fully saturated rings. The van der Waals surface area contributed by atoms with Gasteiger partial charge in [-0.15, -0.1) is 0 Å². The second-order valence-corrected chi connectivity index (χ2v) is 9.57. The molecule has 1 heterocycles. The number of carbonyl (C=O) groups is 1. The van der Waals surface area contributed by atoms with Crippen LogP contribution >= 0.6 is 11.6 Å². The molecule has 164 valence electrons. The summed E-state index contributed by atoms with van der Waals surface area (Å²) in [6.45, 7) is 5.85. The number of rotatable bonds is 8. The number of benzene rings is 2. The summed E-state index contributed by atoms with van der Waals surface area (Å²) >= 11 is 6.44. The van der Waals surface area contributed by atoms with Gasteiger partial charge in [0.2, 0.25) is 10.0 Å². The predicted molar refractivity (Wildman–Crippen MR) is 121 cm³/mol. The third-order valence-corrected chi connectivity index (χ3v) is 6.56. The van der Waals surface area contributed by atoms with Crippen molar-refractivity contribution in [2.24, 2.45) is 0 Å². The first-order valence-electron chi connectivity index (χ1n) is 9.83. The molecule has 0 aliphatic carbocycles. The maximum atomic E-state index is 12.8. The summed E-state index contributed by atoms with van der Waals surface area (Å²) in [4.78, 5) is 12.9. The molecule has 2 aromatic carbocycles. The van der Waals surface area contributed by atoms with Crippen molar-refractivity contribution in [3.05, 3.63) is 82.1 Å². The first-order chi connectivity index (χ1) is 14.7. The topological polar surface area (TPSA) is 93.1 Å². The van der Waals surface area contributed by atoms with E-state index < -0.39 is 10.0 Å². The third kappa shape index (κ3) is 5.72. The lowest BCUT2D eigenvalue weighted by Crippen LogP contribution is -2.30. The van der Waals surface area contributed by atoms with E-state index >= 15 is 0 Å². The number of halogens is 1. The van der Waals surface area contributed by atoms with Crippen LogP contribution in [0.15, 0.2) is 59.5 Å². The summed E-state index contributed by atoms with van der Waals surface area (Å²) in [7, 11) is -3.61. The normalized spacial score (nSPS) is 11.6. The van der Waals surface area contributed by atoms with E-state index in [9.17, 15) is 13.2 Å². The summed E-state index contributed by atoms with van der Waals surface area (Å²) in [5.41, 5.74) is 2.51. The van der Waals surface area contributed by atoms with E-state index in [1.54, 1.807) is 37.6 Å². The van der Waals surface area contributed by atoms with Gasteiger partial charge < -0.3 is 5.32 Å². The summed E-state index contributed by atoms with van der Waals surface area (Å²) < 4.78 is 28.9. The van der Waals surface area contributed by atoms with E-state index in [2.05, 4.69) is 15.1 Å². The smallest absolute Gasteiger partial charge is 0.256 e. The fourth-order valence-corrected chi connectivity index (χ4v) is 4.79. The van der Waals surface area contributed by atoms with Crippen molar-refractivity contribution < 1.29 is 13.2 Å². The Bertz CT molecular complexity index is 1170. The van der Waals surface area contributed by atoms with Crippen LogP contribution in [0.3, 0.4) is 0 Å². The van der Waals surface area contributed by atoms with Gasteiger partial charge in [-0.2, -0.15) is 5.10 Å². The van der Waals surface area contributed by atoms with Gasteiger partial charge in [0.15, 0.2) is 0 Å². The third-order valence-electron chi connectivity index (χ3n) is 4.52. The number of nitrogens with one attached hydrogen (secondary N) is 2. The molecule has 9 heteroatoms. The molecular formula is C22H25ClN4O3S. The predicted octanol–water partition coefficient (Wildman–Crippen LogP) is 3.51. The van der Waals surface area contributed by atoms with Crippen LogP contribution in [0, 0.1) is 6.92 Å². The summed E-state index contributed by atoms with van der Waals surface area (Å²) in [5, 5.41) is 7.45. The number of sulfonamides is 1. The van der Waals surface area contributed by atoms with Crippen LogP contribution in [0.2, 0.25) is 5.15 Å². The van der Waals surface area contributed by atoms with Gasteiger partial charge in [0.1, 0.15) is 5.15 Å². The molecular weight excluding hydrogens is 436 g/mol. The highest BCUT2D eigenvalue weighted by atomic mass is 35.5. The number of aryl methyl sites for hydroxylation is 1. The molecule has 1 aromatic heterocycles. The maximum Gasteiger partial charge on any atom is 0.256 e. The highest BCUT2D eigenvalue weighted by Crippen LogP contribution is 2.21. The van der Waals surface area contributed by atoms with Crippen LogP contribution in [0.1, 0.15) is 41.0 Å². The molecule has 0 aliphatic rings. The van der Waals surface area contributed by atoms with Crippen molar-refractivity contribution in [1.82, 2.24) is 19.8 Å². The monoisotopic (exact) mass is 460 g/mol. The highest BCUT2D eigenvalue weighted by Gasteiger charge is 2.21. The second kappa shape index (κ2) is 9.64. The van der Waals surface area contributed by atoms with E-state index in [4.69, 9.17) is 11.6 Å². The average molecular weight is 461 g/mol. The zero-order valence-corrected chi connectivity index (χ0v) is 19.2. The number of hydrogen-bond donors (Lipinski definition) is 2. The lowest BCUT2D eigenvalue weighted by Gasteiger charge is -2.11. The van der Waals surface area contributed by atoms with Crippen molar-refractivity contribution >= 4 is 27.5 Å². The van der Waals surface area contributed by atoms with Crippen LogP contribution in [0.25, 0.3) is 0 Å². The Kier molecular flexibility index (Phi) is 7.15. The Morgan fingerprint density at radius 2 is 1.77 bits per heavy atom. The minimum Gasteiger partial charge on any atom is -0.348 e. The van der Waals surface area contributed by atoms with Gasteiger partial charge in [0.25, 0.3) is 5.91 Å². The number of aromatic nitrogens is 2. The van der Waals surface area contributed by atoms with Gasteiger partial charge in [0, 0.05) is 12.6 Å². The van der Waals surface area contributed by atoms with Gasteiger partial charge in [-0.1, -0.05) is 54.1 Å². The fourth-order valence-electron chi connectivity index (χ4n) is 3.14. The standard InChI is InChI=1S/C22H25ClN4O3S/c1-15(2)26-31(29,30)19-11-7-10-18(12-19)13-24-22(28)20-16(3)25-27(21(20)23)14-17-8-5-4-6-9-17/h4-12,15,26H,13-14H2,1-3H3,(H,24,28). The molecule has 0 aliphatic heterocycles. The van der Waals surface area contributed by atoms with Crippen molar-refractivity contribution in [1.29, 1.82) is 0 Å². The van der Waals surface area contributed by atoms with Crippen molar-refractivity contribution in [3.63, 3.8) is 0 Å². The maximum absolute atomic E-state index is 12.8. The fraction of sp³-hybridized carbons (Fsp3) is 0.273. The quantitative estimate of drug-likeness (QED) is 0.538. The van der Waals surface area contributed by atoms with E-state index in [-0.39, 0.29) is 28.5 Å². The van der Waals surface area contributed by atoms with E-state index in [1.807, 2.05) is 30.3 Å². The first-order valence-corrected chi connectivity index (χ1v) is 11.7. The first kappa shape index (κ1) is 23.0. The molecule has 0 saturated carbocycles.